The van der Waals surface area contributed by atoms with Gasteiger partial charge >= 0.3 is 0 Å². The SMILES string of the molecule is CC(=S)OCC(CBr)C(Br)Br. The Balaban J connectivity index is 3.61. The quantitative estimate of drug-likeness (QED) is 0.555. The first kappa shape index (κ1) is 12.3. The molecule has 1 unspecified atom stereocenters. The van der Waals surface area contributed by atoms with Gasteiger partial charge in [0.05, 0.1) is 10.3 Å². The minimum atomic E-state index is 0.267. The van der Waals surface area contributed by atoms with Gasteiger partial charge in [0, 0.05) is 18.2 Å². The van der Waals surface area contributed by atoms with Crippen molar-refractivity contribution in [3.8, 4) is 0 Å². The van der Waals surface area contributed by atoms with Gasteiger partial charge in [-0.3, -0.25) is 0 Å². The normalized spacial score (nSPS) is 13.2. The highest BCUT2D eigenvalue weighted by Crippen LogP contribution is 2.21. The van der Waals surface area contributed by atoms with E-state index in [1.165, 1.54) is 0 Å². The lowest BCUT2D eigenvalue weighted by Crippen LogP contribution is -2.18. The maximum Gasteiger partial charge on any atom is 0.156 e. The van der Waals surface area contributed by atoms with Gasteiger partial charge in [-0.15, -0.1) is 0 Å². The van der Waals surface area contributed by atoms with Gasteiger partial charge in [0.25, 0.3) is 0 Å². The van der Waals surface area contributed by atoms with Crippen molar-refractivity contribution in [2.24, 2.45) is 5.92 Å². The summed E-state index contributed by atoms with van der Waals surface area (Å²) >= 11 is 15.0. The van der Waals surface area contributed by atoms with E-state index in [1.807, 2.05) is 0 Å². The van der Waals surface area contributed by atoms with Gasteiger partial charge in [0.1, 0.15) is 0 Å². The van der Waals surface area contributed by atoms with E-state index in [0.717, 1.165) is 5.33 Å². The zero-order valence-electron chi connectivity index (χ0n) is 6.02. The zero-order chi connectivity index (χ0) is 8.85. The van der Waals surface area contributed by atoms with Gasteiger partial charge in [-0.25, -0.2) is 0 Å². The Morgan fingerprint density at radius 1 is 1.55 bits per heavy atom. The minimum absolute atomic E-state index is 0.267. The number of rotatable bonds is 4. The van der Waals surface area contributed by atoms with E-state index in [1.54, 1.807) is 6.92 Å². The molecule has 0 radical (unpaired) electrons. The van der Waals surface area contributed by atoms with Crippen molar-refractivity contribution in [1.29, 1.82) is 0 Å². The van der Waals surface area contributed by atoms with Crippen LogP contribution < -0.4 is 0 Å². The Morgan fingerprint density at radius 3 is 2.36 bits per heavy atom. The highest BCUT2D eigenvalue weighted by molar-refractivity contribution is 9.24. The molecule has 11 heavy (non-hydrogen) atoms. The Hall–Kier alpha value is 1.33. The van der Waals surface area contributed by atoms with Gasteiger partial charge < -0.3 is 4.74 Å². The second kappa shape index (κ2) is 6.80. The Bertz CT molecular complexity index is 129. The molecule has 0 aliphatic rings. The summed E-state index contributed by atoms with van der Waals surface area (Å²) in [6, 6.07) is 0. The lowest BCUT2D eigenvalue weighted by atomic mass is 10.2. The third-order valence-corrected chi connectivity index (χ3v) is 3.50. The van der Waals surface area contributed by atoms with Crippen LogP contribution in [0.3, 0.4) is 0 Å². The van der Waals surface area contributed by atoms with E-state index in [2.05, 4.69) is 47.8 Å². The molecule has 0 saturated carbocycles. The van der Waals surface area contributed by atoms with Gasteiger partial charge in [0.2, 0.25) is 0 Å². The smallest absolute Gasteiger partial charge is 0.156 e. The van der Waals surface area contributed by atoms with Crippen molar-refractivity contribution in [3.05, 3.63) is 0 Å². The van der Waals surface area contributed by atoms with Crippen LogP contribution in [0.15, 0.2) is 0 Å². The van der Waals surface area contributed by atoms with Crippen LogP contribution >= 0.6 is 60.0 Å². The molecule has 0 aromatic carbocycles. The van der Waals surface area contributed by atoms with Crippen LogP contribution in [-0.4, -0.2) is 20.7 Å². The standard InChI is InChI=1S/C6H9Br3OS/c1-4(11)10-3-5(2-7)6(8)9/h5-6H,2-3H2,1H3. The van der Waals surface area contributed by atoms with Crippen molar-refractivity contribution in [2.75, 3.05) is 11.9 Å². The predicted octanol–water partition coefficient (Wildman–Crippen LogP) is 3.48. The molecule has 0 spiro atoms. The van der Waals surface area contributed by atoms with Crippen LogP contribution in [0.1, 0.15) is 6.92 Å². The molecular weight excluding hydrogens is 360 g/mol. The van der Waals surface area contributed by atoms with E-state index >= 15 is 0 Å². The van der Waals surface area contributed by atoms with Gasteiger partial charge in [-0.2, -0.15) is 0 Å². The molecular formula is C6H9Br3OS. The molecule has 0 rings (SSSR count). The topological polar surface area (TPSA) is 9.23 Å². The highest BCUT2D eigenvalue weighted by Gasteiger charge is 2.15. The average molecular weight is 369 g/mol. The summed E-state index contributed by atoms with van der Waals surface area (Å²) in [5.74, 6) is 0.396. The Morgan fingerprint density at radius 2 is 2.09 bits per heavy atom. The molecule has 0 aromatic heterocycles. The van der Waals surface area contributed by atoms with E-state index in [4.69, 9.17) is 17.0 Å². The summed E-state index contributed by atoms with van der Waals surface area (Å²) in [7, 11) is 0. The number of hydrogen-bond donors (Lipinski definition) is 0. The molecule has 0 aliphatic heterocycles. The second-order valence-corrected chi connectivity index (χ2v) is 6.48. The zero-order valence-corrected chi connectivity index (χ0v) is 11.6. The fraction of sp³-hybridized carbons (Fsp3) is 0.833. The number of hydrogen-bond acceptors (Lipinski definition) is 2. The molecule has 0 N–H and O–H groups in total. The monoisotopic (exact) mass is 366 g/mol. The van der Waals surface area contributed by atoms with Crippen LogP contribution in [0, 0.1) is 5.92 Å². The first-order valence-electron chi connectivity index (χ1n) is 3.05. The largest absolute Gasteiger partial charge is 0.487 e. The van der Waals surface area contributed by atoms with Crippen molar-refractivity contribution in [3.63, 3.8) is 0 Å². The van der Waals surface area contributed by atoms with E-state index in [0.29, 0.717) is 17.6 Å². The maximum atomic E-state index is 5.20. The summed E-state index contributed by atoms with van der Waals surface area (Å²) in [5, 5.41) is 1.48. The van der Waals surface area contributed by atoms with Gasteiger partial charge in [-0.05, 0) is 12.2 Å². The Labute approximate surface area is 97.6 Å². The predicted molar refractivity (Wildman–Crippen MR) is 63.2 cm³/mol. The third kappa shape index (κ3) is 6.49. The minimum Gasteiger partial charge on any atom is -0.487 e. The summed E-state index contributed by atoms with van der Waals surface area (Å²) in [6.45, 7) is 2.42. The molecule has 0 fully saturated rings. The van der Waals surface area contributed by atoms with Crippen LogP contribution in [0.5, 0.6) is 0 Å². The van der Waals surface area contributed by atoms with Crippen molar-refractivity contribution in [2.45, 2.75) is 10.7 Å². The van der Waals surface area contributed by atoms with Crippen molar-refractivity contribution >= 4 is 65.1 Å². The molecule has 0 heterocycles. The van der Waals surface area contributed by atoms with Crippen molar-refractivity contribution < 1.29 is 4.74 Å². The van der Waals surface area contributed by atoms with Gasteiger partial charge in [-0.1, -0.05) is 47.8 Å². The van der Waals surface area contributed by atoms with Crippen LogP contribution in [0.4, 0.5) is 0 Å². The lowest BCUT2D eigenvalue weighted by Gasteiger charge is -2.15. The number of halogens is 3. The molecule has 1 nitrogen and oxygen atoms in total. The molecule has 1 atom stereocenters. The van der Waals surface area contributed by atoms with E-state index in [-0.39, 0.29) is 3.74 Å². The summed E-state index contributed by atoms with van der Waals surface area (Å²) in [4.78, 5) is 0. The first-order valence-corrected chi connectivity index (χ1v) is 6.41. The first-order chi connectivity index (χ1) is 5.07. The lowest BCUT2D eigenvalue weighted by molar-refractivity contribution is 0.267. The average Bonchev–Trinajstić information content (AvgIpc) is 1.87. The molecule has 0 aromatic rings. The molecule has 0 bridgehead atoms. The second-order valence-electron chi connectivity index (χ2n) is 2.05. The highest BCUT2D eigenvalue weighted by atomic mass is 79.9. The van der Waals surface area contributed by atoms with E-state index in [9.17, 15) is 0 Å². The summed E-state index contributed by atoms with van der Waals surface area (Å²) in [5.41, 5.74) is 0. The van der Waals surface area contributed by atoms with Crippen LogP contribution in [-0.2, 0) is 4.74 Å². The van der Waals surface area contributed by atoms with E-state index < -0.39 is 0 Å². The Kier molecular flexibility index (Phi) is 7.63. The fourth-order valence-corrected chi connectivity index (χ4v) is 2.72. The van der Waals surface area contributed by atoms with Crippen LogP contribution in [0.2, 0.25) is 0 Å². The molecule has 0 amide bonds. The molecule has 5 heteroatoms. The van der Waals surface area contributed by atoms with Crippen LogP contribution in [0.25, 0.3) is 0 Å². The third-order valence-electron chi connectivity index (χ3n) is 1.06. The summed E-state index contributed by atoms with van der Waals surface area (Å²) < 4.78 is 5.46. The number of alkyl halides is 3. The van der Waals surface area contributed by atoms with Gasteiger partial charge in [0.15, 0.2) is 5.05 Å². The molecule has 0 aliphatic carbocycles. The van der Waals surface area contributed by atoms with Crippen molar-refractivity contribution in [1.82, 2.24) is 0 Å². The fourth-order valence-electron chi connectivity index (χ4n) is 0.409. The molecule has 0 saturated heterocycles. The molecule has 66 valence electrons. The number of thiocarbonyl (C=S) groups is 1. The summed E-state index contributed by atoms with van der Waals surface area (Å²) in [6.07, 6.45) is 0. The number of ether oxygens (including phenoxy) is 1. The maximum absolute atomic E-state index is 5.20.